The third kappa shape index (κ3) is 4.67. The van der Waals surface area contributed by atoms with Crippen molar-refractivity contribution in [2.75, 3.05) is 13.7 Å². The van der Waals surface area contributed by atoms with E-state index in [9.17, 15) is 14.4 Å². The molecule has 2 aromatic carbocycles. The quantitative estimate of drug-likeness (QED) is 0.824. The molecule has 0 aromatic heterocycles. The van der Waals surface area contributed by atoms with E-state index in [1.54, 1.807) is 48.5 Å². The monoisotopic (exact) mass is 312 g/mol. The van der Waals surface area contributed by atoms with Gasteiger partial charge in [0, 0.05) is 18.2 Å². The summed E-state index contributed by atoms with van der Waals surface area (Å²) in [6.07, 6.45) is 0. The van der Waals surface area contributed by atoms with E-state index in [4.69, 9.17) is 4.74 Å². The number of benzene rings is 2. The van der Waals surface area contributed by atoms with Gasteiger partial charge in [-0.2, -0.15) is 0 Å². The lowest BCUT2D eigenvalue weighted by Gasteiger charge is -2.07. The zero-order valence-electron chi connectivity index (χ0n) is 12.5. The number of urea groups is 1. The molecule has 0 aliphatic rings. The summed E-state index contributed by atoms with van der Waals surface area (Å²) in [5.74, 6) is -0.218. The Balaban J connectivity index is 1.93. The molecule has 0 bridgehead atoms. The number of ketones is 1. The van der Waals surface area contributed by atoms with Gasteiger partial charge < -0.3 is 10.1 Å². The second kappa shape index (κ2) is 7.74. The molecule has 118 valence electrons. The van der Waals surface area contributed by atoms with Crippen molar-refractivity contribution in [3.05, 3.63) is 65.7 Å². The smallest absolute Gasteiger partial charge is 0.321 e. The Kier molecular flexibility index (Phi) is 5.46. The Morgan fingerprint density at radius 1 is 0.913 bits per heavy atom. The number of carbonyl (C=O) groups is 3. The minimum Gasteiger partial charge on any atom is -0.484 e. The van der Waals surface area contributed by atoms with E-state index in [1.807, 2.05) is 6.07 Å². The maximum atomic E-state index is 12.2. The van der Waals surface area contributed by atoms with Crippen LogP contribution in [0.3, 0.4) is 0 Å². The molecule has 6 nitrogen and oxygen atoms in total. The third-order valence-corrected chi connectivity index (χ3v) is 3.00. The molecule has 0 aliphatic carbocycles. The van der Waals surface area contributed by atoms with Crippen molar-refractivity contribution < 1.29 is 19.1 Å². The number of imide groups is 1. The van der Waals surface area contributed by atoms with Gasteiger partial charge in [-0.1, -0.05) is 30.3 Å². The largest absolute Gasteiger partial charge is 0.484 e. The van der Waals surface area contributed by atoms with E-state index >= 15 is 0 Å². The Bertz CT molecular complexity index is 696. The zero-order chi connectivity index (χ0) is 16.7. The first-order chi connectivity index (χ1) is 11.1. The van der Waals surface area contributed by atoms with Gasteiger partial charge in [0.15, 0.2) is 12.4 Å². The summed E-state index contributed by atoms with van der Waals surface area (Å²) in [6.45, 7) is -0.292. The molecule has 2 aromatic rings. The Morgan fingerprint density at radius 3 is 2.13 bits per heavy atom. The average molecular weight is 312 g/mol. The Hall–Kier alpha value is -3.15. The normalized spacial score (nSPS) is 9.78. The van der Waals surface area contributed by atoms with Gasteiger partial charge in [0.2, 0.25) is 0 Å². The molecular formula is C17H16N2O4. The van der Waals surface area contributed by atoms with Crippen molar-refractivity contribution in [1.29, 1.82) is 0 Å². The SMILES string of the molecule is CNC(=O)NC(=O)COc1ccc(C(=O)c2ccccc2)cc1. The maximum Gasteiger partial charge on any atom is 0.321 e. The molecule has 3 amide bonds. The van der Waals surface area contributed by atoms with Crippen molar-refractivity contribution >= 4 is 17.7 Å². The lowest BCUT2D eigenvalue weighted by atomic mass is 10.0. The lowest BCUT2D eigenvalue weighted by molar-refractivity contribution is -0.122. The number of hydrogen-bond donors (Lipinski definition) is 2. The summed E-state index contributed by atoms with van der Waals surface area (Å²) in [5, 5.41) is 4.35. The zero-order valence-corrected chi connectivity index (χ0v) is 12.5. The predicted molar refractivity (Wildman–Crippen MR) is 84.4 cm³/mol. The molecular weight excluding hydrogens is 296 g/mol. The molecule has 6 heteroatoms. The minimum atomic E-state index is -0.595. The highest BCUT2D eigenvalue weighted by atomic mass is 16.5. The van der Waals surface area contributed by atoms with Crippen LogP contribution in [0.4, 0.5) is 4.79 Å². The second-order valence-electron chi connectivity index (χ2n) is 4.64. The molecule has 0 heterocycles. The molecule has 0 unspecified atom stereocenters. The Morgan fingerprint density at radius 2 is 1.52 bits per heavy atom. The van der Waals surface area contributed by atoms with Crippen LogP contribution in [0.5, 0.6) is 5.75 Å². The van der Waals surface area contributed by atoms with E-state index in [-0.39, 0.29) is 12.4 Å². The summed E-state index contributed by atoms with van der Waals surface area (Å²) < 4.78 is 5.25. The number of rotatable bonds is 5. The number of carbonyl (C=O) groups excluding carboxylic acids is 3. The van der Waals surface area contributed by atoms with Gasteiger partial charge in [0.1, 0.15) is 5.75 Å². The number of ether oxygens (including phenoxy) is 1. The van der Waals surface area contributed by atoms with Crippen LogP contribution in [-0.4, -0.2) is 31.4 Å². The van der Waals surface area contributed by atoms with Crippen LogP contribution in [0.25, 0.3) is 0 Å². The third-order valence-electron chi connectivity index (χ3n) is 3.00. The van der Waals surface area contributed by atoms with Crippen molar-refractivity contribution in [3.63, 3.8) is 0 Å². The summed E-state index contributed by atoms with van der Waals surface area (Å²) in [6, 6.07) is 14.8. The highest BCUT2D eigenvalue weighted by Crippen LogP contribution is 2.15. The van der Waals surface area contributed by atoms with Crippen molar-refractivity contribution in [2.24, 2.45) is 0 Å². The fourth-order valence-electron chi connectivity index (χ4n) is 1.83. The molecule has 0 radical (unpaired) electrons. The van der Waals surface area contributed by atoms with E-state index in [0.29, 0.717) is 16.9 Å². The number of nitrogens with one attached hydrogen (secondary N) is 2. The molecule has 2 N–H and O–H groups in total. The van der Waals surface area contributed by atoms with Crippen molar-refractivity contribution in [1.82, 2.24) is 10.6 Å². The first kappa shape index (κ1) is 16.2. The summed E-state index contributed by atoms with van der Waals surface area (Å²) in [7, 11) is 1.41. The molecule has 23 heavy (non-hydrogen) atoms. The van der Waals surface area contributed by atoms with Gasteiger partial charge in [-0.25, -0.2) is 4.79 Å². The highest BCUT2D eigenvalue weighted by molar-refractivity contribution is 6.09. The van der Waals surface area contributed by atoms with Crippen LogP contribution in [0.1, 0.15) is 15.9 Å². The van der Waals surface area contributed by atoms with Gasteiger partial charge in [-0.3, -0.25) is 14.9 Å². The molecule has 0 spiro atoms. The van der Waals surface area contributed by atoms with Crippen molar-refractivity contribution in [2.45, 2.75) is 0 Å². The standard InChI is InChI=1S/C17H16N2O4/c1-18-17(22)19-15(20)11-23-14-9-7-13(8-10-14)16(21)12-5-3-2-4-6-12/h2-10H,11H2,1H3,(H2,18,19,20,22). The van der Waals surface area contributed by atoms with Crippen molar-refractivity contribution in [3.8, 4) is 5.75 Å². The molecule has 0 aliphatic heterocycles. The number of amides is 3. The average Bonchev–Trinajstić information content (AvgIpc) is 2.60. The maximum absolute atomic E-state index is 12.2. The topological polar surface area (TPSA) is 84.5 Å². The van der Waals surface area contributed by atoms with Crippen LogP contribution >= 0.6 is 0 Å². The number of hydrogen-bond acceptors (Lipinski definition) is 4. The fraction of sp³-hybridized carbons (Fsp3) is 0.118. The van der Waals surface area contributed by atoms with Gasteiger partial charge in [-0.15, -0.1) is 0 Å². The second-order valence-corrected chi connectivity index (χ2v) is 4.64. The fourth-order valence-corrected chi connectivity index (χ4v) is 1.83. The first-order valence-electron chi connectivity index (χ1n) is 6.94. The van der Waals surface area contributed by atoms with Crippen LogP contribution in [-0.2, 0) is 4.79 Å². The molecule has 0 fully saturated rings. The molecule has 2 rings (SSSR count). The highest BCUT2D eigenvalue weighted by Gasteiger charge is 2.09. The van der Waals surface area contributed by atoms with Crippen LogP contribution in [0, 0.1) is 0 Å². The summed E-state index contributed by atoms with van der Waals surface area (Å²) >= 11 is 0. The van der Waals surface area contributed by atoms with Gasteiger partial charge >= 0.3 is 6.03 Å². The van der Waals surface area contributed by atoms with E-state index in [1.165, 1.54) is 7.05 Å². The Labute approximate surface area is 133 Å². The lowest BCUT2D eigenvalue weighted by Crippen LogP contribution is -2.39. The molecule has 0 saturated heterocycles. The molecule has 0 atom stereocenters. The first-order valence-corrected chi connectivity index (χ1v) is 6.94. The van der Waals surface area contributed by atoms with E-state index < -0.39 is 11.9 Å². The van der Waals surface area contributed by atoms with Gasteiger partial charge in [-0.05, 0) is 24.3 Å². The minimum absolute atomic E-state index is 0.0884. The summed E-state index contributed by atoms with van der Waals surface area (Å²) in [5.41, 5.74) is 1.13. The summed E-state index contributed by atoms with van der Waals surface area (Å²) in [4.78, 5) is 34.6. The molecule has 0 saturated carbocycles. The van der Waals surface area contributed by atoms with Gasteiger partial charge in [0.25, 0.3) is 5.91 Å². The van der Waals surface area contributed by atoms with Crippen LogP contribution in [0.15, 0.2) is 54.6 Å². The van der Waals surface area contributed by atoms with E-state index in [2.05, 4.69) is 10.6 Å². The van der Waals surface area contributed by atoms with Gasteiger partial charge in [0.05, 0.1) is 0 Å². The van der Waals surface area contributed by atoms with Crippen LogP contribution < -0.4 is 15.4 Å². The van der Waals surface area contributed by atoms with E-state index in [0.717, 1.165) is 0 Å². The predicted octanol–water partition coefficient (Wildman–Crippen LogP) is 1.75. The van der Waals surface area contributed by atoms with Crippen LogP contribution in [0.2, 0.25) is 0 Å².